The number of halogens is 3. The minimum Gasteiger partial charge on any atom is -0.330 e. The summed E-state index contributed by atoms with van der Waals surface area (Å²) in [6, 6.07) is 11.2. The summed E-state index contributed by atoms with van der Waals surface area (Å²) in [6.07, 6.45) is 8.30. The van der Waals surface area contributed by atoms with E-state index in [0.29, 0.717) is 17.6 Å². The summed E-state index contributed by atoms with van der Waals surface area (Å²) in [5.74, 6) is -3.67. The maximum absolute atomic E-state index is 15.4. The van der Waals surface area contributed by atoms with Gasteiger partial charge >= 0.3 is 0 Å². The van der Waals surface area contributed by atoms with Crippen molar-refractivity contribution in [2.75, 3.05) is 33.2 Å². The van der Waals surface area contributed by atoms with Gasteiger partial charge in [0, 0.05) is 66.4 Å². The summed E-state index contributed by atoms with van der Waals surface area (Å²) in [7, 11) is -1.92. The van der Waals surface area contributed by atoms with Crippen LogP contribution in [0.1, 0.15) is 42.9 Å². The van der Waals surface area contributed by atoms with Gasteiger partial charge in [0.25, 0.3) is 0 Å². The number of quaternary nitrogens is 1. The van der Waals surface area contributed by atoms with Gasteiger partial charge in [0.1, 0.15) is 11.5 Å². The van der Waals surface area contributed by atoms with E-state index in [-0.39, 0.29) is 16.0 Å². The third kappa shape index (κ3) is 5.47. The number of benzene rings is 2. The molecule has 0 unspecified atom stereocenters. The predicted molar refractivity (Wildman–Crippen MR) is 157 cm³/mol. The Labute approximate surface area is 244 Å². The molecular weight excluding hydrogens is 561 g/mol. The van der Waals surface area contributed by atoms with Crippen LogP contribution >= 0.6 is 0 Å². The Kier molecular flexibility index (Phi) is 7.89. The van der Waals surface area contributed by atoms with Gasteiger partial charge in [0.2, 0.25) is 0 Å². The van der Waals surface area contributed by atoms with Gasteiger partial charge in [-0.1, -0.05) is 12.1 Å². The van der Waals surface area contributed by atoms with Crippen LogP contribution in [0, 0.1) is 24.4 Å². The Hall–Kier alpha value is -3.21. The van der Waals surface area contributed by atoms with E-state index in [0.717, 1.165) is 54.7 Å². The van der Waals surface area contributed by atoms with Crippen LogP contribution in [0.3, 0.4) is 0 Å². The minimum atomic E-state index is -4.11. The lowest BCUT2D eigenvalue weighted by Crippen LogP contribution is -3.18. The predicted octanol–water partition coefficient (Wildman–Crippen LogP) is 4.72. The fourth-order valence-corrected chi connectivity index (χ4v) is 8.38. The van der Waals surface area contributed by atoms with Crippen molar-refractivity contribution >= 4 is 20.9 Å². The first-order chi connectivity index (χ1) is 20.1. The molecule has 4 aromatic rings. The number of pyridine rings is 1. The number of rotatable bonds is 6. The zero-order valence-electron chi connectivity index (χ0n) is 23.9. The maximum Gasteiger partial charge on any atom is 0.182 e. The molecule has 2 aromatic heterocycles. The Morgan fingerprint density at radius 3 is 2.43 bits per heavy atom. The molecule has 6 nitrogen and oxygen atoms in total. The van der Waals surface area contributed by atoms with Crippen LogP contribution < -0.4 is 4.90 Å². The maximum atomic E-state index is 15.4. The number of aromatic nitrogens is 2. The van der Waals surface area contributed by atoms with E-state index in [1.807, 2.05) is 12.1 Å². The first-order valence-electron chi connectivity index (χ1n) is 14.6. The quantitative estimate of drug-likeness (QED) is 0.327. The highest BCUT2D eigenvalue weighted by Gasteiger charge is 2.32. The standard InChI is InChI=1S/C32H35F3N4O2S/c1-21-30(12-11-28(33)31(21)35)42(40,41)20-23-6-5-22(18-29(23)34)27-19-39(32-26(27)4-3-13-36-32)25-9-7-24(8-10-25)38-16-14-37(2)15-17-38/h3-6,11-13,18-19,24-25H,7-10,14-17,20H2,1-2H3/p+1. The highest BCUT2D eigenvalue weighted by Crippen LogP contribution is 2.37. The van der Waals surface area contributed by atoms with Gasteiger partial charge in [-0.25, -0.2) is 26.6 Å². The van der Waals surface area contributed by atoms with Gasteiger partial charge in [0.05, 0.1) is 29.8 Å². The van der Waals surface area contributed by atoms with Gasteiger partial charge in [-0.15, -0.1) is 0 Å². The monoisotopic (exact) mass is 597 g/mol. The molecule has 6 rings (SSSR count). The van der Waals surface area contributed by atoms with Crippen molar-refractivity contribution in [1.82, 2.24) is 14.5 Å². The number of hydrogen-bond acceptors (Lipinski definition) is 4. The van der Waals surface area contributed by atoms with E-state index >= 15 is 4.39 Å². The first kappa shape index (κ1) is 28.9. The molecule has 0 atom stereocenters. The fourth-order valence-electron chi connectivity index (χ4n) is 6.75. The molecule has 10 heteroatoms. The zero-order chi connectivity index (χ0) is 29.6. The van der Waals surface area contributed by atoms with Crippen molar-refractivity contribution in [3.05, 3.63) is 83.4 Å². The van der Waals surface area contributed by atoms with Gasteiger partial charge in [-0.2, -0.15) is 0 Å². The molecule has 222 valence electrons. The summed E-state index contributed by atoms with van der Waals surface area (Å²) in [4.78, 5) is 8.46. The van der Waals surface area contributed by atoms with Gasteiger partial charge in [-0.05, 0) is 62.7 Å². The molecule has 1 aliphatic heterocycles. The minimum absolute atomic E-state index is 0.0329. The molecule has 1 aliphatic carbocycles. The van der Waals surface area contributed by atoms with Crippen LogP contribution in [0.25, 0.3) is 22.2 Å². The van der Waals surface area contributed by atoms with Crippen molar-refractivity contribution in [2.45, 2.75) is 55.3 Å². The lowest BCUT2D eigenvalue weighted by atomic mass is 9.89. The summed E-state index contributed by atoms with van der Waals surface area (Å²) in [5.41, 5.74) is 1.99. The molecule has 2 aromatic carbocycles. The fraction of sp³-hybridized carbons (Fsp3) is 0.406. The molecule has 0 amide bonds. The number of nitrogens with one attached hydrogen (secondary N) is 1. The lowest BCUT2D eigenvalue weighted by molar-refractivity contribution is -0.930. The lowest BCUT2D eigenvalue weighted by Gasteiger charge is -2.38. The van der Waals surface area contributed by atoms with Gasteiger partial charge in [-0.3, -0.25) is 4.90 Å². The molecule has 1 saturated heterocycles. The Morgan fingerprint density at radius 2 is 1.71 bits per heavy atom. The third-order valence-corrected chi connectivity index (χ3v) is 11.0. The van der Waals surface area contributed by atoms with E-state index in [2.05, 4.69) is 27.7 Å². The molecule has 42 heavy (non-hydrogen) atoms. The molecule has 1 saturated carbocycles. The first-order valence-corrected chi connectivity index (χ1v) is 16.2. The topological polar surface area (TPSA) is 59.6 Å². The summed E-state index contributed by atoms with van der Waals surface area (Å²) in [6.45, 7) is 5.90. The van der Waals surface area contributed by atoms with Crippen LogP contribution in [0.4, 0.5) is 13.2 Å². The van der Waals surface area contributed by atoms with Crippen molar-refractivity contribution < 1.29 is 26.5 Å². The second kappa shape index (κ2) is 11.5. The molecule has 0 spiro atoms. The number of piperazine rings is 1. The summed E-state index contributed by atoms with van der Waals surface area (Å²) < 4.78 is 71.3. The van der Waals surface area contributed by atoms with Crippen molar-refractivity contribution in [3.8, 4) is 11.1 Å². The smallest absolute Gasteiger partial charge is 0.182 e. The molecule has 0 bridgehead atoms. The van der Waals surface area contributed by atoms with E-state index in [1.165, 1.54) is 45.0 Å². The summed E-state index contributed by atoms with van der Waals surface area (Å²) >= 11 is 0. The highest BCUT2D eigenvalue weighted by molar-refractivity contribution is 7.90. The Morgan fingerprint density at radius 1 is 0.976 bits per heavy atom. The second-order valence-electron chi connectivity index (χ2n) is 11.8. The van der Waals surface area contributed by atoms with Crippen LogP contribution in [0.15, 0.2) is 59.8 Å². The average molecular weight is 598 g/mol. The summed E-state index contributed by atoms with van der Waals surface area (Å²) in [5, 5.41) is 0.918. The van der Waals surface area contributed by atoms with Crippen molar-refractivity contribution in [3.63, 3.8) is 0 Å². The average Bonchev–Trinajstić information content (AvgIpc) is 3.37. The molecular formula is C32H36F3N4O2S+. The normalized spacial score (nSPS) is 20.8. The number of likely N-dealkylation sites (N-methyl/N-ethyl adjacent to an activating group) is 1. The van der Waals surface area contributed by atoms with Crippen LogP contribution in [0.2, 0.25) is 0 Å². The number of hydrogen-bond donors (Lipinski definition) is 1. The second-order valence-corrected chi connectivity index (χ2v) is 13.8. The SMILES string of the molecule is Cc1c(S(=O)(=O)Cc2ccc(-c3cn(C4CCC([NH+]5CCN(C)CC5)CC4)c4ncccc34)cc2F)ccc(F)c1F. The van der Waals surface area contributed by atoms with E-state index in [1.54, 1.807) is 17.2 Å². The Balaban J connectivity index is 1.24. The van der Waals surface area contributed by atoms with Gasteiger partial charge in [0.15, 0.2) is 21.5 Å². The zero-order valence-corrected chi connectivity index (χ0v) is 24.7. The molecule has 3 heterocycles. The number of nitrogens with zero attached hydrogens (tertiary/aromatic N) is 3. The van der Waals surface area contributed by atoms with Crippen molar-refractivity contribution in [1.29, 1.82) is 0 Å². The molecule has 1 N–H and O–H groups in total. The number of sulfone groups is 1. The number of fused-ring (bicyclic) bond motifs is 1. The van der Waals surface area contributed by atoms with Crippen molar-refractivity contribution in [2.24, 2.45) is 0 Å². The van der Waals surface area contributed by atoms with Crippen LogP contribution in [-0.2, 0) is 15.6 Å². The van der Waals surface area contributed by atoms with E-state index < -0.39 is 33.0 Å². The Bertz CT molecular complexity index is 1720. The van der Waals surface area contributed by atoms with E-state index in [4.69, 9.17) is 0 Å². The van der Waals surface area contributed by atoms with E-state index in [9.17, 15) is 17.2 Å². The molecule has 0 radical (unpaired) electrons. The van der Waals surface area contributed by atoms with Gasteiger partial charge < -0.3 is 9.47 Å². The highest BCUT2D eigenvalue weighted by atomic mass is 32.2. The molecule has 2 aliphatic rings. The largest absolute Gasteiger partial charge is 0.330 e. The molecule has 2 fully saturated rings. The third-order valence-electron chi connectivity index (χ3n) is 9.22. The van der Waals surface area contributed by atoms with Crippen LogP contribution in [-0.4, -0.2) is 62.1 Å². The van der Waals surface area contributed by atoms with Crippen LogP contribution in [0.5, 0.6) is 0 Å².